The van der Waals surface area contributed by atoms with Crippen LogP contribution in [0.15, 0.2) is 45.9 Å². The number of hydrogen-bond donors (Lipinski definition) is 1. The van der Waals surface area contributed by atoms with Gasteiger partial charge in [-0.05, 0) is 51.2 Å². The van der Waals surface area contributed by atoms with E-state index < -0.39 is 10.0 Å². The van der Waals surface area contributed by atoms with Gasteiger partial charge in [-0.2, -0.15) is 4.31 Å². The quantitative estimate of drug-likeness (QED) is 0.623. The highest BCUT2D eigenvalue weighted by molar-refractivity contribution is 7.89. The fraction of sp³-hybridized carbons (Fsp3) is 0.476. The van der Waals surface area contributed by atoms with Crippen LogP contribution >= 0.6 is 0 Å². The molecular weight excluding hydrogens is 422 g/mol. The van der Waals surface area contributed by atoms with Gasteiger partial charge in [-0.15, -0.1) is 0 Å². The first-order valence-corrected chi connectivity index (χ1v) is 11.6. The number of ether oxygens (including phenoxy) is 2. The van der Waals surface area contributed by atoms with Gasteiger partial charge in [0, 0.05) is 13.1 Å². The van der Waals surface area contributed by atoms with Gasteiger partial charge < -0.3 is 19.2 Å². The fourth-order valence-electron chi connectivity index (χ4n) is 3.22. The second-order valence-corrected chi connectivity index (χ2v) is 9.58. The van der Waals surface area contributed by atoms with Crippen molar-refractivity contribution in [2.75, 3.05) is 45.2 Å². The average Bonchev–Trinajstić information content (AvgIpc) is 3.22. The van der Waals surface area contributed by atoms with Gasteiger partial charge in [0.05, 0.1) is 49.3 Å². The van der Waals surface area contributed by atoms with Crippen molar-refractivity contribution in [1.29, 1.82) is 0 Å². The summed E-state index contributed by atoms with van der Waals surface area (Å²) in [6, 6.07) is 8.16. The molecule has 0 bridgehead atoms. The molecule has 1 amide bonds. The van der Waals surface area contributed by atoms with E-state index in [0.29, 0.717) is 44.3 Å². The molecule has 3 rings (SSSR count). The Morgan fingerprint density at radius 2 is 2.00 bits per heavy atom. The van der Waals surface area contributed by atoms with Crippen LogP contribution in [0.2, 0.25) is 0 Å². The zero-order chi connectivity index (χ0) is 22.4. The lowest BCUT2D eigenvalue weighted by Crippen LogP contribution is -2.40. The summed E-state index contributed by atoms with van der Waals surface area (Å²) in [6.45, 7) is 5.61. The Bertz CT molecular complexity index is 969. The van der Waals surface area contributed by atoms with Crippen molar-refractivity contribution in [1.82, 2.24) is 9.21 Å². The summed E-state index contributed by atoms with van der Waals surface area (Å²) < 4.78 is 43.7. The summed E-state index contributed by atoms with van der Waals surface area (Å²) in [5, 5.41) is 2.80. The van der Waals surface area contributed by atoms with Crippen molar-refractivity contribution in [3.05, 3.63) is 42.4 Å². The van der Waals surface area contributed by atoms with E-state index in [9.17, 15) is 13.2 Å². The van der Waals surface area contributed by atoms with Crippen LogP contribution < -0.4 is 10.1 Å². The molecule has 31 heavy (non-hydrogen) atoms. The van der Waals surface area contributed by atoms with E-state index in [-0.39, 0.29) is 23.5 Å². The Labute approximate surface area is 183 Å². The lowest BCUT2D eigenvalue weighted by atomic mass is 10.2. The van der Waals surface area contributed by atoms with Crippen molar-refractivity contribution >= 4 is 21.6 Å². The summed E-state index contributed by atoms with van der Waals surface area (Å²) in [6.07, 6.45) is 1.44. The standard InChI is InChI=1S/C21H29N3O6S/c1-16(2)30-20-7-6-18(31(26,27)24-8-11-28-12-9-24)13-19(20)22-21(25)15-23(3)14-17-5-4-10-29-17/h4-7,10,13,16H,8-9,11-12,14-15H2,1-3H3,(H,22,25). The molecule has 1 fully saturated rings. The molecule has 0 aliphatic carbocycles. The van der Waals surface area contributed by atoms with E-state index in [1.807, 2.05) is 19.9 Å². The number of hydrogen-bond acceptors (Lipinski definition) is 7. The molecule has 170 valence electrons. The van der Waals surface area contributed by atoms with Crippen molar-refractivity contribution in [2.24, 2.45) is 0 Å². The maximum Gasteiger partial charge on any atom is 0.243 e. The Morgan fingerprint density at radius 3 is 2.65 bits per heavy atom. The average molecular weight is 452 g/mol. The van der Waals surface area contributed by atoms with Crippen molar-refractivity contribution in [2.45, 2.75) is 31.4 Å². The van der Waals surface area contributed by atoms with Gasteiger partial charge in [0.15, 0.2) is 0 Å². The van der Waals surface area contributed by atoms with Crippen LogP contribution in [0.25, 0.3) is 0 Å². The molecule has 0 saturated carbocycles. The predicted molar refractivity (Wildman–Crippen MR) is 115 cm³/mol. The van der Waals surface area contributed by atoms with Gasteiger partial charge in [-0.1, -0.05) is 0 Å². The normalized spacial score (nSPS) is 15.4. The molecule has 9 nitrogen and oxygen atoms in total. The SMILES string of the molecule is CC(C)Oc1ccc(S(=O)(=O)N2CCOCC2)cc1NC(=O)CN(C)Cc1ccco1. The number of likely N-dealkylation sites (N-methyl/N-ethyl adjacent to an activating group) is 1. The molecule has 0 radical (unpaired) electrons. The first kappa shape index (κ1) is 23.3. The topological polar surface area (TPSA) is 101 Å². The Hall–Kier alpha value is -2.40. The zero-order valence-electron chi connectivity index (χ0n) is 18.0. The van der Waals surface area contributed by atoms with Crippen LogP contribution in [-0.2, 0) is 26.1 Å². The van der Waals surface area contributed by atoms with E-state index >= 15 is 0 Å². The van der Waals surface area contributed by atoms with E-state index in [2.05, 4.69) is 5.32 Å². The minimum atomic E-state index is -3.70. The highest BCUT2D eigenvalue weighted by Gasteiger charge is 2.27. The fourth-order valence-corrected chi connectivity index (χ4v) is 4.65. The molecule has 1 saturated heterocycles. The van der Waals surface area contributed by atoms with E-state index in [1.165, 1.54) is 16.4 Å². The van der Waals surface area contributed by atoms with Crippen LogP contribution in [0.5, 0.6) is 5.75 Å². The summed E-state index contributed by atoms with van der Waals surface area (Å²) >= 11 is 0. The Balaban J connectivity index is 1.77. The van der Waals surface area contributed by atoms with Crippen LogP contribution in [-0.4, -0.2) is 69.5 Å². The lowest BCUT2D eigenvalue weighted by Gasteiger charge is -2.26. The van der Waals surface area contributed by atoms with Crippen molar-refractivity contribution < 1.29 is 27.1 Å². The number of sulfonamides is 1. The van der Waals surface area contributed by atoms with Crippen LogP contribution in [0.1, 0.15) is 19.6 Å². The van der Waals surface area contributed by atoms with Crippen LogP contribution in [0.3, 0.4) is 0 Å². The molecule has 1 aliphatic rings. The molecule has 1 aliphatic heterocycles. The maximum absolute atomic E-state index is 13.0. The number of furan rings is 1. The molecule has 1 aromatic heterocycles. The van der Waals surface area contributed by atoms with Crippen molar-refractivity contribution in [3.8, 4) is 5.75 Å². The molecule has 2 heterocycles. The Kier molecular flexibility index (Phi) is 7.71. The number of benzene rings is 1. The minimum absolute atomic E-state index is 0.0995. The third-order valence-corrected chi connectivity index (χ3v) is 6.51. The van der Waals surface area contributed by atoms with E-state index in [1.54, 1.807) is 30.3 Å². The summed E-state index contributed by atoms with van der Waals surface area (Å²) in [5.74, 6) is 0.874. The number of carbonyl (C=O) groups is 1. The number of amides is 1. The third kappa shape index (κ3) is 6.30. The van der Waals surface area contributed by atoms with Gasteiger partial charge in [0.2, 0.25) is 15.9 Å². The molecular formula is C21H29N3O6S. The minimum Gasteiger partial charge on any atom is -0.489 e. The molecule has 1 aromatic carbocycles. The van der Waals surface area contributed by atoms with Gasteiger partial charge in [0.25, 0.3) is 0 Å². The molecule has 1 N–H and O–H groups in total. The van der Waals surface area contributed by atoms with Crippen LogP contribution in [0, 0.1) is 0 Å². The Morgan fingerprint density at radius 1 is 1.26 bits per heavy atom. The summed E-state index contributed by atoms with van der Waals surface area (Å²) in [5.41, 5.74) is 0.319. The number of anilines is 1. The van der Waals surface area contributed by atoms with Gasteiger partial charge in [0.1, 0.15) is 11.5 Å². The van der Waals surface area contributed by atoms with Gasteiger partial charge >= 0.3 is 0 Å². The number of nitrogens with one attached hydrogen (secondary N) is 1. The second kappa shape index (κ2) is 10.3. The maximum atomic E-state index is 13.0. The zero-order valence-corrected chi connectivity index (χ0v) is 18.9. The predicted octanol–water partition coefficient (Wildman–Crippen LogP) is 2.16. The highest BCUT2D eigenvalue weighted by atomic mass is 32.2. The second-order valence-electron chi connectivity index (χ2n) is 7.64. The first-order chi connectivity index (χ1) is 14.8. The number of carbonyl (C=O) groups excluding carboxylic acids is 1. The van der Waals surface area contributed by atoms with E-state index in [0.717, 1.165) is 5.76 Å². The molecule has 10 heteroatoms. The largest absolute Gasteiger partial charge is 0.489 e. The number of nitrogens with zero attached hydrogens (tertiary/aromatic N) is 2. The molecule has 2 aromatic rings. The summed E-state index contributed by atoms with van der Waals surface area (Å²) in [4.78, 5) is 14.5. The van der Waals surface area contributed by atoms with Gasteiger partial charge in [-0.25, -0.2) is 8.42 Å². The molecule has 0 atom stereocenters. The number of morpholine rings is 1. The van der Waals surface area contributed by atoms with Gasteiger partial charge in [-0.3, -0.25) is 9.69 Å². The smallest absolute Gasteiger partial charge is 0.243 e. The third-order valence-electron chi connectivity index (χ3n) is 4.61. The molecule has 0 spiro atoms. The first-order valence-electron chi connectivity index (χ1n) is 10.1. The van der Waals surface area contributed by atoms with Crippen LogP contribution in [0.4, 0.5) is 5.69 Å². The summed E-state index contributed by atoms with van der Waals surface area (Å²) in [7, 11) is -1.90. The molecule has 0 unspecified atom stereocenters. The lowest BCUT2D eigenvalue weighted by molar-refractivity contribution is -0.117. The van der Waals surface area contributed by atoms with E-state index in [4.69, 9.17) is 13.9 Å². The number of rotatable bonds is 9. The monoisotopic (exact) mass is 451 g/mol. The van der Waals surface area contributed by atoms with Crippen molar-refractivity contribution in [3.63, 3.8) is 0 Å². The highest BCUT2D eigenvalue weighted by Crippen LogP contribution is 2.30.